The molecule has 0 amide bonds. The summed E-state index contributed by atoms with van der Waals surface area (Å²) in [6.07, 6.45) is 0. The van der Waals surface area contributed by atoms with E-state index in [0.717, 1.165) is 17.1 Å². The van der Waals surface area contributed by atoms with Crippen LogP contribution in [0.3, 0.4) is 0 Å². The predicted molar refractivity (Wildman–Crippen MR) is 94.7 cm³/mol. The maximum Gasteiger partial charge on any atom is 0.232 e. The number of hydrogen-bond acceptors (Lipinski definition) is 4. The zero-order valence-corrected chi connectivity index (χ0v) is 14.0. The number of halogens is 1. The third-order valence-corrected chi connectivity index (χ3v) is 3.70. The Bertz CT molecular complexity index is 840. The summed E-state index contributed by atoms with van der Waals surface area (Å²) in [4.78, 5) is 0. The van der Waals surface area contributed by atoms with Crippen LogP contribution in [0, 0.1) is 4.77 Å². The van der Waals surface area contributed by atoms with E-state index in [1.165, 1.54) is 0 Å². The minimum atomic E-state index is 0.505. The molecule has 0 aliphatic heterocycles. The number of nitrogens with zero attached hydrogens (tertiary/aromatic N) is 2. The SMILES string of the molecule is CCOc1ccc(-n2c(Nc3ccc(Cl)cc3)n[nH]c2=S)cc1. The van der Waals surface area contributed by atoms with E-state index in [2.05, 4.69) is 15.5 Å². The number of benzene rings is 2. The molecule has 0 fully saturated rings. The van der Waals surface area contributed by atoms with Crippen LogP contribution >= 0.6 is 23.8 Å². The van der Waals surface area contributed by atoms with Gasteiger partial charge in [-0.15, -0.1) is 5.10 Å². The molecule has 5 nitrogen and oxygen atoms in total. The molecule has 0 bridgehead atoms. The summed E-state index contributed by atoms with van der Waals surface area (Å²) in [5, 5.41) is 10.9. The summed E-state index contributed by atoms with van der Waals surface area (Å²) >= 11 is 11.2. The zero-order chi connectivity index (χ0) is 16.2. The number of rotatable bonds is 5. The van der Waals surface area contributed by atoms with Gasteiger partial charge >= 0.3 is 0 Å². The van der Waals surface area contributed by atoms with E-state index in [-0.39, 0.29) is 0 Å². The van der Waals surface area contributed by atoms with Crippen molar-refractivity contribution in [3.05, 3.63) is 58.3 Å². The van der Waals surface area contributed by atoms with Crippen molar-refractivity contribution >= 4 is 35.5 Å². The molecule has 0 saturated heterocycles. The Morgan fingerprint density at radius 3 is 2.52 bits per heavy atom. The smallest absolute Gasteiger partial charge is 0.232 e. The molecular weight excluding hydrogens is 332 g/mol. The largest absolute Gasteiger partial charge is 0.494 e. The Balaban J connectivity index is 1.92. The number of nitrogens with one attached hydrogen (secondary N) is 2. The maximum atomic E-state index is 5.90. The monoisotopic (exact) mass is 346 g/mol. The molecule has 3 rings (SSSR count). The molecule has 0 spiro atoms. The first-order chi connectivity index (χ1) is 11.2. The number of aromatic amines is 1. The van der Waals surface area contributed by atoms with Gasteiger partial charge in [0.15, 0.2) is 0 Å². The summed E-state index contributed by atoms with van der Waals surface area (Å²) in [7, 11) is 0. The molecule has 2 aromatic carbocycles. The molecule has 0 aliphatic carbocycles. The zero-order valence-electron chi connectivity index (χ0n) is 12.4. The van der Waals surface area contributed by atoms with Crippen molar-refractivity contribution in [2.75, 3.05) is 11.9 Å². The second-order valence-electron chi connectivity index (χ2n) is 4.75. The van der Waals surface area contributed by atoms with Crippen LogP contribution in [0.15, 0.2) is 48.5 Å². The van der Waals surface area contributed by atoms with Crippen molar-refractivity contribution in [2.24, 2.45) is 0 Å². The summed E-state index contributed by atoms with van der Waals surface area (Å²) in [6.45, 7) is 2.59. The lowest BCUT2D eigenvalue weighted by Crippen LogP contribution is -2.02. The van der Waals surface area contributed by atoms with Gasteiger partial charge in [-0.05, 0) is 67.7 Å². The fourth-order valence-electron chi connectivity index (χ4n) is 2.14. The molecule has 3 aromatic rings. The molecule has 0 unspecified atom stereocenters. The number of H-pyrrole nitrogens is 1. The highest BCUT2D eigenvalue weighted by molar-refractivity contribution is 7.71. The van der Waals surface area contributed by atoms with E-state index < -0.39 is 0 Å². The lowest BCUT2D eigenvalue weighted by Gasteiger charge is -2.10. The second-order valence-corrected chi connectivity index (χ2v) is 5.57. The normalized spacial score (nSPS) is 10.5. The Labute approximate surface area is 143 Å². The highest BCUT2D eigenvalue weighted by Crippen LogP contribution is 2.22. The van der Waals surface area contributed by atoms with Crippen molar-refractivity contribution in [1.82, 2.24) is 14.8 Å². The third kappa shape index (κ3) is 3.55. The highest BCUT2D eigenvalue weighted by Gasteiger charge is 2.09. The van der Waals surface area contributed by atoms with Crippen LogP contribution < -0.4 is 10.1 Å². The maximum absolute atomic E-state index is 5.90. The Morgan fingerprint density at radius 2 is 1.87 bits per heavy atom. The summed E-state index contributed by atoms with van der Waals surface area (Å²) < 4.78 is 7.78. The fraction of sp³-hybridized carbons (Fsp3) is 0.125. The highest BCUT2D eigenvalue weighted by atomic mass is 35.5. The molecule has 7 heteroatoms. The topological polar surface area (TPSA) is 54.9 Å². The van der Waals surface area contributed by atoms with E-state index in [1.807, 2.05) is 60.0 Å². The van der Waals surface area contributed by atoms with Crippen LogP contribution in [0.5, 0.6) is 5.75 Å². The first kappa shape index (κ1) is 15.6. The van der Waals surface area contributed by atoms with Crippen LogP contribution in [0.2, 0.25) is 5.02 Å². The van der Waals surface area contributed by atoms with E-state index in [9.17, 15) is 0 Å². The average molecular weight is 347 g/mol. The number of anilines is 2. The van der Waals surface area contributed by atoms with Gasteiger partial charge in [-0.2, -0.15) is 0 Å². The Kier molecular flexibility index (Phi) is 4.64. The van der Waals surface area contributed by atoms with Crippen LogP contribution in [-0.2, 0) is 0 Å². The van der Waals surface area contributed by atoms with Crippen molar-refractivity contribution in [3.8, 4) is 11.4 Å². The molecule has 0 aliphatic rings. The first-order valence-electron chi connectivity index (χ1n) is 7.10. The number of hydrogen-bond donors (Lipinski definition) is 2. The fourth-order valence-corrected chi connectivity index (χ4v) is 2.50. The Morgan fingerprint density at radius 1 is 1.17 bits per heavy atom. The predicted octanol–water partition coefficient (Wildman–Crippen LogP) is 4.73. The molecule has 2 N–H and O–H groups in total. The minimum Gasteiger partial charge on any atom is -0.494 e. The number of ether oxygens (including phenoxy) is 1. The molecule has 23 heavy (non-hydrogen) atoms. The van der Waals surface area contributed by atoms with Gasteiger partial charge in [0, 0.05) is 10.7 Å². The molecular formula is C16H15ClN4OS. The van der Waals surface area contributed by atoms with Crippen molar-refractivity contribution in [1.29, 1.82) is 0 Å². The van der Waals surface area contributed by atoms with Gasteiger partial charge in [0.2, 0.25) is 10.7 Å². The molecule has 1 aromatic heterocycles. The van der Waals surface area contributed by atoms with Gasteiger partial charge < -0.3 is 10.1 Å². The summed E-state index contributed by atoms with van der Waals surface area (Å²) in [5.74, 6) is 1.42. The van der Waals surface area contributed by atoms with Gasteiger partial charge in [0.25, 0.3) is 0 Å². The van der Waals surface area contributed by atoms with Gasteiger partial charge in [-0.25, -0.2) is 5.10 Å². The van der Waals surface area contributed by atoms with E-state index >= 15 is 0 Å². The van der Waals surface area contributed by atoms with Crippen molar-refractivity contribution < 1.29 is 4.74 Å². The van der Waals surface area contributed by atoms with Gasteiger partial charge in [-0.3, -0.25) is 4.57 Å². The van der Waals surface area contributed by atoms with Gasteiger partial charge in [0.05, 0.1) is 12.3 Å². The second kappa shape index (κ2) is 6.85. The van der Waals surface area contributed by atoms with Crippen LogP contribution in [-0.4, -0.2) is 21.4 Å². The average Bonchev–Trinajstić information content (AvgIpc) is 2.91. The molecule has 0 saturated carbocycles. The lowest BCUT2D eigenvalue weighted by atomic mass is 10.3. The Hall–Kier alpha value is -2.31. The first-order valence-corrected chi connectivity index (χ1v) is 7.89. The molecule has 1 heterocycles. The minimum absolute atomic E-state index is 0.505. The van der Waals surface area contributed by atoms with E-state index in [1.54, 1.807) is 0 Å². The lowest BCUT2D eigenvalue weighted by molar-refractivity contribution is 0.340. The quantitative estimate of drug-likeness (QED) is 0.656. The van der Waals surface area contributed by atoms with Crippen molar-refractivity contribution in [3.63, 3.8) is 0 Å². The summed E-state index contributed by atoms with van der Waals surface area (Å²) in [5.41, 5.74) is 1.76. The van der Waals surface area contributed by atoms with Crippen LogP contribution in [0.25, 0.3) is 5.69 Å². The number of aromatic nitrogens is 3. The summed E-state index contributed by atoms with van der Waals surface area (Å²) in [6, 6.07) is 15.1. The third-order valence-electron chi connectivity index (χ3n) is 3.18. The standard InChI is InChI=1S/C16H15ClN4OS/c1-2-22-14-9-7-13(8-10-14)21-15(19-20-16(21)23)18-12-5-3-11(17)4-6-12/h3-10H,2H2,1H3,(H,18,19)(H,20,23). The molecule has 118 valence electrons. The van der Waals surface area contributed by atoms with Crippen LogP contribution in [0.1, 0.15) is 6.92 Å². The van der Waals surface area contributed by atoms with E-state index in [0.29, 0.717) is 22.3 Å². The van der Waals surface area contributed by atoms with Crippen molar-refractivity contribution in [2.45, 2.75) is 6.92 Å². The molecule has 0 atom stereocenters. The van der Waals surface area contributed by atoms with E-state index in [4.69, 9.17) is 28.6 Å². The van der Waals surface area contributed by atoms with Crippen LogP contribution in [0.4, 0.5) is 11.6 Å². The van der Waals surface area contributed by atoms with Gasteiger partial charge in [0.1, 0.15) is 5.75 Å². The molecule has 0 radical (unpaired) electrons. The van der Waals surface area contributed by atoms with Gasteiger partial charge in [-0.1, -0.05) is 11.6 Å².